The molecule has 0 N–H and O–H groups in total. The number of aromatic nitrogens is 1. The highest BCUT2D eigenvalue weighted by Crippen LogP contribution is 2.34. The number of carbonyl (C=O) groups is 2. The number of nitrogens with zero attached hydrogens (tertiary/aromatic N) is 4. The zero-order chi connectivity index (χ0) is 22.0. The summed E-state index contributed by atoms with van der Waals surface area (Å²) in [4.78, 5) is 31.3. The monoisotopic (exact) mass is 450 g/mol. The maximum Gasteiger partial charge on any atom is 0.259 e. The van der Waals surface area contributed by atoms with Gasteiger partial charge in [0.15, 0.2) is 0 Å². The predicted molar refractivity (Wildman–Crippen MR) is 111 cm³/mol. The first-order chi connectivity index (χ1) is 15.0. The molecular weight excluding hydrogens is 427 g/mol. The van der Waals surface area contributed by atoms with Crippen molar-refractivity contribution in [1.29, 1.82) is 0 Å². The molecule has 0 radical (unpaired) electrons. The highest BCUT2D eigenvalue weighted by molar-refractivity contribution is 6.33. The van der Waals surface area contributed by atoms with E-state index >= 15 is 0 Å². The zero-order valence-electron chi connectivity index (χ0n) is 17.3. The van der Waals surface area contributed by atoms with Gasteiger partial charge in [0, 0.05) is 39.3 Å². The molecule has 4 rings (SSSR count). The van der Waals surface area contributed by atoms with Gasteiger partial charge in [-0.2, -0.15) is 0 Å². The predicted octanol–water partition coefficient (Wildman–Crippen LogP) is 2.06. The molecule has 1 aromatic heterocycles. The maximum atomic E-state index is 14.4. The number of aryl methyl sites for hydroxylation is 1. The van der Waals surface area contributed by atoms with Crippen LogP contribution in [-0.4, -0.2) is 90.7 Å². The second-order valence-electron chi connectivity index (χ2n) is 7.62. The Labute approximate surface area is 184 Å². The van der Waals surface area contributed by atoms with Crippen LogP contribution in [0.5, 0.6) is 0 Å². The van der Waals surface area contributed by atoms with Crippen molar-refractivity contribution in [3.05, 3.63) is 40.4 Å². The topological polar surface area (TPSA) is 79.1 Å². The minimum absolute atomic E-state index is 0.0451. The van der Waals surface area contributed by atoms with Gasteiger partial charge in [0.1, 0.15) is 22.8 Å². The molecule has 2 saturated heterocycles. The molecule has 1 aromatic carbocycles. The van der Waals surface area contributed by atoms with Crippen molar-refractivity contribution in [2.45, 2.75) is 6.92 Å². The quantitative estimate of drug-likeness (QED) is 0.709. The SMILES string of the molecule is Cc1onc(-c2c(F)cccc2Cl)c1C(=O)N1CCN(C(=O)CN2CCOCC2)CC1. The molecule has 0 aliphatic carbocycles. The van der Waals surface area contributed by atoms with Crippen molar-refractivity contribution in [1.82, 2.24) is 19.9 Å². The summed E-state index contributed by atoms with van der Waals surface area (Å²) in [6, 6.07) is 4.29. The van der Waals surface area contributed by atoms with Crippen molar-refractivity contribution >= 4 is 23.4 Å². The number of benzene rings is 1. The molecule has 0 unspecified atom stereocenters. The van der Waals surface area contributed by atoms with E-state index in [1.807, 2.05) is 0 Å². The standard InChI is InChI=1S/C21H24ClFN4O4/c1-14-18(20(24-31-14)19-15(22)3-2-4-16(19)23)21(29)27-7-5-26(6-8-27)17(28)13-25-9-11-30-12-10-25/h2-4H,5-13H2,1H3. The Morgan fingerprint density at radius 2 is 1.77 bits per heavy atom. The molecule has 0 spiro atoms. The number of halogens is 2. The van der Waals surface area contributed by atoms with Crippen LogP contribution in [0.15, 0.2) is 22.7 Å². The zero-order valence-corrected chi connectivity index (χ0v) is 18.0. The number of carbonyl (C=O) groups excluding carboxylic acids is 2. The Morgan fingerprint density at radius 1 is 1.10 bits per heavy atom. The second-order valence-corrected chi connectivity index (χ2v) is 8.03. The normalized spacial score (nSPS) is 17.8. The van der Waals surface area contributed by atoms with E-state index in [2.05, 4.69) is 10.1 Å². The van der Waals surface area contributed by atoms with Crippen molar-refractivity contribution in [2.24, 2.45) is 0 Å². The van der Waals surface area contributed by atoms with Crippen LogP contribution in [-0.2, 0) is 9.53 Å². The Morgan fingerprint density at radius 3 is 2.45 bits per heavy atom. The second kappa shape index (κ2) is 9.33. The molecule has 2 fully saturated rings. The van der Waals surface area contributed by atoms with E-state index in [1.54, 1.807) is 16.7 Å². The summed E-state index contributed by atoms with van der Waals surface area (Å²) in [7, 11) is 0. The molecule has 8 nitrogen and oxygen atoms in total. The lowest BCUT2D eigenvalue weighted by atomic mass is 10.0. The molecule has 31 heavy (non-hydrogen) atoms. The van der Waals surface area contributed by atoms with Crippen LogP contribution in [0.3, 0.4) is 0 Å². The van der Waals surface area contributed by atoms with Crippen LogP contribution >= 0.6 is 11.6 Å². The summed E-state index contributed by atoms with van der Waals surface area (Å²) in [5.74, 6) is -0.541. The average molecular weight is 451 g/mol. The molecule has 2 aliphatic rings. The van der Waals surface area contributed by atoms with Gasteiger partial charge in [0.25, 0.3) is 5.91 Å². The number of hydrogen-bond donors (Lipinski definition) is 0. The van der Waals surface area contributed by atoms with Crippen LogP contribution in [0, 0.1) is 12.7 Å². The van der Waals surface area contributed by atoms with Crippen molar-refractivity contribution < 1.29 is 23.2 Å². The first kappa shape index (κ1) is 21.7. The van der Waals surface area contributed by atoms with Gasteiger partial charge in [-0.05, 0) is 19.1 Å². The molecule has 0 bridgehead atoms. The van der Waals surface area contributed by atoms with Crippen LogP contribution in [0.2, 0.25) is 5.02 Å². The Bertz CT molecular complexity index is 948. The Hall–Kier alpha value is -2.49. The summed E-state index contributed by atoms with van der Waals surface area (Å²) < 4.78 is 24.9. The summed E-state index contributed by atoms with van der Waals surface area (Å²) in [5.41, 5.74) is 0.334. The number of ether oxygens (including phenoxy) is 1. The van der Waals surface area contributed by atoms with Gasteiger partial charge in [-0.15, -0.1) is 0 Å². The van der Waals surface area contributed by atoms with Crippen LogP contribution in [0.4, 0.5) is 4.39 Å². The molecular formula is C21H24ClFN4O4. The van der Waals surface area contributed by atoms with Crippen LogP contribution < -0.4 is 0 Å². The lowest BCUT2D eigenvalue weighted by Gasteiger charge is -2.36. The Kier molecular flexibility index (Phi) is 6.54. The van der Waals surface area contributed by atoms with E-state index in [0.717, 1.165) is 13.1 Å². The third kappa shape index (κ3) is 4.58. The fourth-order valence-electron chi connectivity index (χ4n) is 3.89. The lowest BCUT2D eigenvalue weighted by molar-refractivity contribution is -0.134. The molecule has 2 aromatic rings. The molecule has 2 amide bonds. The summed E-state index contributed by atoms with van der Waals surface area (Å²) in [6.45, 7) is 6.38. The van der Waals surface area contributed by atoms with Gasteiger partial charge >= 0.3 is 0 Å². The van der Waals surface area contributed by atoms with E-state index in [1.165, 1.54) is 18.2 Å². The van der Waals surface area contributed by atoms with Crippen LogP contribution in [0.25, 0.3) is 11.3 Å². The Balaban J connectivity index is 1.44. The molecule has 166 valence electrons. The lowest BCUT2D eigenvalue weighted by Crippen LogP contribution is -2.53. The van der Waals surface area contributed by atoms with Gasteiger partial charge in [-0.3, -0.25) is 14.5 Å². The average Bonchev–Trinajstić information content (AvgIpc) is 3.15. The van der Waals surface area contributed by atoms with Crippen molar-refractivity contribution in [2.75, 3.05) is 59.0 Å². The van der Waals surface area contributed by atoms with Gasteiger partial charge < -0.3 is 19.1 Å². The summed E-state index contributed by atoms with van der Waals surface area (Å²) >= 11 is 6.17. The highest BCUT2D eigenvalue weighted by Gasteiger charge is 2.31. The number of rotatable bonds is 4. The smallest absolute Gasteiger partial charge is 0.259 e. The number of morpholine rings is 1. The minimum atomic E-state index is -0.576. The van der Waals surface area contributed by atoms with Gasteiger partial charge in [0.2, 0.25) is 5.91 Å². The third-order valence-electron chi connectivity index (χ3n) is 5.66. The van der Waals surface area contributed by atoms with Crippen molar-refractivity contribution in [3.8, 4) is 11.3 Å². The number of amides is 2. The summed E-state index contributed by atoms with van der Waals surface area (Å²) in [6.07, 6.45) is 0. The highest BCUT2D eigenvalue weighted by atomic mass is 35.5. The first-order valence-electron chi connectivity index (χ1n) is 10.2. The van der Waals surface area contributed by atoms with E-state index in [-0.39, 0.29) is 33.7 Å². The van der Waals surface area contributed by atoms with Gasteiger partial charge in [-0.25, -0.2) is 4.39 Å². The molecule has 3 heterocycles. The van der Waals surface area contributed by atoms with E-state index in [4.69, 9.17) is 20.9 Å². The molecule has 0 saturated carbocycles. The summed E-state index contributed by atoms with van der Waals surface area (Å²) in [5, 5.41) is 4.06. The van der Waals surface area contributed by atoms with Crippen molar-refractivity contribution in [3.63, 3.8) is 0 Å². The van der Waals surface area contributed by atoms with E-state index < -0.39 is 5.82 Å². The fourth-order valence-corrected chi connectivity index (χ4v) is 4.14. The van der Waals surface area contributed by atoms with Gasteiger partial charge in [0.05, 0.1) is 30.3 Å². The molecule has 10 heteroatoms. The number of hydrogen-bond acceptors (Lipinski definition) is 6. The first-order valence-corrected chi connectivity index (χ1v) is 10.6. The van der Waals surface area contributed by atoms with Gasteiger partial charge in [-0.1, -0.05) is 22.8 Å². The largest absolute Gasteiger partial charge is 0.379 e. The third-order valence-corrected chi connectivity index (χ3v) is 5.97. The maximum absolute atomic E-state index is 14.4. The fraction of sp³-hybridized carbons (Fsp3) is 0.476. The van der Waals surface area contributed by atoms with E-state index in [0.29, 0.717) is 51.7 Å². The molecule has 0 atom stereocenters. The minimum Gasteiger partial charge on any atom is -0.379 e. The number of piperazine rings is 1. The van der Waals surface area contributed by atoms with Crippen LogP contribution in [0.1, 0.15) is 16.1 Å². The molecule has 2 aliphatic heterocycles. The van der Waals surface area contributed by atoms with E-state index in [9.17, 15) is 14.0 Å².